The second-order valence-corrected chi connectivity index (χ2v) is 11.6. The molecule has 1 aliphatic carbocycles. The summed E-state index contributed by atoms with van der Waals surface area (Å²) in [7, 11) is 0. The molecule has 1 radical (unpaired) electrons. The van der Waals surface area contributed by atoms with Gasteiger partial charge in [-0.05, 0) is 31.1 Å². The van der Waals surface area contributed by atoms with Gasteiger partial charge in [-0.25, -0.2) is 4.98 Å². The fourth-order valence-electron chi connectivity index (χ4n) is 4.36. The van der Waals surface area contributed by atoms with Gasteiger partial charge in [0.25, 0.3) is 0 Å². The van der Waals surface area contributed by atoms with Crippen LogP contribution in [0.5, 0.6) is 11.6 Å². The number of allylic oxidation sites excluding steroid dienone is 2. The van der Waals surface area contributed by atoms with Crippen LogP contribution in [-0.2, 0) is 24.9 Å². The van der Waals surface area contributed by atoms with Gasteiger partial charge in [-0.1, -0.05) is 85.1 Å². The van der Waals surface area contributed by atoms with Crippen molar-refractivity contribution in [2.24, 2.45) is 10.8 Å². The zero-order valence-electron chi connectivity index (χ0n) is 24.3. The third-order valence-electron chi connectivity index (χ3n) is 8.03. The Morgan fingerprint density at radius 2 is 1.64 bits per heavy atom. The van der Waals surface area contributed by atoms with Crippen LogP contribution < -0.4 is 4.74 Å². The number of carbonyl (C=O) groups excluding carboxylic acids is 1. The zero-order valence-corrected chi connectivity index (χ0v) is 26.7. The molecule has 2 aromatic carbocycles. The van der Waals surface area contributed by atoms with Crippen LogP contribution in [0.25, 0.3) is 10.8 Å². The molecule has 0 aliphatic heterocycles. The maximum Gasteiger partial charge on any atom is 0.217 e. The Kier molecular flexibility index (Phi) is 12.4. The maximum absolute atomic E-state index is 11.8. The van der Waals surface area contributed by atoms with Gasteiger partial charge in [0.05, 0.1) is 5.69 Å². The Hall–Kier alpha value is -2.49. The summed E-state index contributed by atoms with van der Waals surface area (Å²) in [6.07, 6.45) is 9.42. The molecule has 3 aromatic rings. The summed E-state index contributed by atoms with van der Waals surface area (Å²) in [6, 6.07) is 21.3. The van der Waals surface area contributed by atoms with E-state index in [1.807, 2.05) is 71.9 Å². The van der Waals surface area contributed by atoms with Crippen molar-refractivity contribution < 1.29 is 34.7 Å². The predicted octanol–water partition coefficient (Wildman–Crippen LogP) is 9.74. The van der Waals surface area contributed by atoms with Crippen LogP contribution in [0.1, 0.15) is 98.1 Å². The number of hydrogen-bond acceptors (Lipinski definition) is 4. The van der Waals surface area contributed by atoms with Gasteiger partial charge in [0, 0.05) is 60.1 Å². The van der Waals surface area contributed by atoms with Gasteiger partial charge in [-0.3, -0.25) is 4.79 Å². The third kappa shape index (κ3) is 9.01. The number of aliphatic hydroxyl groups is 1. The number of nitrogens with zero attached hydrogens (tertiary/aromatic N) is 1. The normalized spacial score (nSPS) is 14.7. The van der Waals surface area contributed by atoms with Gasteiger partial charge in [0.2, 0.25) is 5.88 Å². The van der Waals surface area contributed by atoms with Crippen molar-refractivity contribution >= 4 is 16.6 Å². The van der Waals surface area contributed by atoms with E-state index >= 15 is 0 Å². The van der Waals surface area contributed by atoms with Crippen molar-refractivity contribution in [2.75, 3.05) is 0 Å². The first-order valence-electron chi connectivity index (χ1n) is 14.1. The van der Waals surface area contributed by atoms with E-state index in [0.717, 1.165) is 12.8 Å². The number of ether oxygens (including phenoxy) is 1. The summed E-state index contributed by atoms with van der Waals surface area (Å²) in [6.45, 7) is 11.7. The molecule has 0 amide bonds. The van der Waals surface area contributed by atoms with E-state index in [0.29, 0.717) is 17.5 Å². The van der Waals surface area contributed by atoms with Crippen LogP contribution in [0.4, 0.5) is 0 Å². The molecule has 0 spiro atoms. The summed E-state index contributed by atoms with van der Waals surface area (Å²) in [5.41, 5.74) is 0.519. The van der Waals surface area contributed by atoms with E-state index in [1.54, 1.807) is 0 Å². The van der Waals surface area contributed by atoms with Gasteiger partial charge >= 0.3 is 0 Å². The standard InChI is InChI=1S/C21H20NO.C13H24O2.Ir/c1-3-9-16(10-4-1)21-19-14-8-7-11-17(19)15-20(22-21)23-18-12-5-2-6-13-18;1-7-12(3,4)10(14)9-11(15)13(5,6)8-2;/h2,5-8,11-12,14-16H,1,3-4,9-10H2;9,14H,7-8H2,1-6H3;/q-1;;/b;10-9-;. The zero-order chi connectivity index (χ0) is 27.8. The largest absolute Gasteiger partial charge is 0.512 e. The third-order valence-corrected chi connectivity index (χ3v) is 8.03. The van der Waals surface area contributed by atoms with Crippen LogP contribution in [-0.4, -0.2) is 15.9 Å². The summed E-state index contributed by atoms with van der Waals surface area (Å²) in [5.74, 6) is 2.13. The van der Waals surface area contributed by atoms with Crippen molar-refractivity contribution in [1.82, 2.24) is 4.98 Å². The van der Waals surface area contributed by atoms with Crippen LogP contribution in [0.2, 0.25) is 0 Å². The fraction of sp³-hybridized carbons (Fsp3) is 0.471. The Morgan fingerprint density at radius 1 is 1.00 bits per heavy atom. The molecule has 1 heterocycles. The number of carbonyl (C=O) groups is 1. The second kappa shape index (κ2) is 14.8. The number of aliphatic hydroxyl groups excluding tert-OH is 1. The van der Waals surface area contributed by atoms with Crippen molar-refractivity contribution in [3.05, 3.63) is 78.2 Å². The van der Waals surface area contributed by atoms with Crippen LogP contribution in [0.15, 0.2) is 66.4 Å². The number of pyridine rings is 1. The van der Waals surface area contributed by atoms with E-state index in [-0.39, 0.29) is 42.5 Å². The molecular weight excluding hydrogens is 663 g/mol. The molecule has 0 saturated heterocycles. The molecular formula is C34H44IrNO3-. The number of aromatic nitrogens is 1. The molecule has 0 unspecified atom stereocenters. The molecule has 1 aromatic heterocycles. The maximum atomic E-state index is 11.8. The van der Waals surface area contributed by atoms with Gasteiger partial charge in [0.15, 0.2) is 5.78 Å². The van der Waals surface area contributed by atoms with Gasteiger partial charge in [-0.15, -0.1) is 12.1 Å². The van der Waals surface area contributed by atoms with E-state index < -0.39 is 0 Å². The van der Waals surface area contributed by atoms with Gasteiger partial charge in [0.1, 0.15) is 5.76 Å². The van der Waals surface area contributed by atoms with Crippen molar-refractivity contribution in [2.45, 2.75) is 92.4 Å². The van der Waals surface area contributed by atoms with E-state index in [2.05, 4.69) is 30.3 Å². The Bertz CT molecular complexity index is 1230. The molecule has 4 nitrogen and oxygen atoms in total. The summed E-state index contributed by atoms with van der Waals surface area (Å²) in [4.78, 5) is 16.7. The molecule has 39 heavy (non-hydrogen) atoms. The minimum atomic E-state index is -0.377. The molecule has 0 bridgehead atoms. The molecule has 4 rings (SSSR count). The summed E-state index contributed by atoms with van der Waals surface area (Å²) in [5, 5.41) is 12.3. The first-order chi connectivity index (χ1) is 18.1. The number of para-hydroxylation sites is 1. The predicted molar refractivity (Wildman–Crippen MR) is 157 cm³/mol. The van der Waals surface area contributed by atoms with E-state index in [4.69, 9.17) is 9.72 Å². The average Bonchev–Trinajstić information content (AvgIpc) is 2.94. The van der Waals surface area contributed by atoms with Crippen molar-refractivity contribution in [3.8, 4) is 11.6 Å². The number of benzene rings is 2. The molecule has 1 saturated carbocycles. The Morgan fingerprint density at radius 3 is 2.26 bits per heavy atom. The topological polar surface area (TPSA) is 59.4 Å². The molecule has 1 N–H and O–H groups in total. The smallest absolute Gasteiger partial charge is 0.217 e. The Labute approximate surface area is 248 Å². The SMILES string of the molecule is CCC(C)(C)C(=O)/C=C(\O)C(C)(C)CC.[Ir].[c-]1ccccc1Oc1cc2ccccc2c(C2CCCCC2)n1. The molecule has 5 heteroatoms. The number of rotatable bonds is 8. The second-order valence-electron chi connectivity index (χ2n) is 11.6. The first-order valence-corrected chi connectivity index (χ1v) is 14.1. The Balaban J connectivity index is 0.000000294. The minimum absolute atomic E-state index is 0. The van der Waals surface area contributed by atoms with E-state index in [9.17, 15) is 9.90 Å². The minimum Gasteiger partial charge on any atom is -0.512 e. The number of ketones is 1. The van der Waals surface area contributed by atoms with Crippen LogP contribution in [0, 0.1) is 16.9 Å². The van der Waals surface area contributed by atoms with Crippen molar-refractivity contribution in [1.29, 1.82) is 0 Å². The van der Waals surface area contributed by atoms with Crippen LogP contribution >= 0.6 is 0 Å². The quantitative estimate of drug-likeness (QED) is 0.144. The molecule has 1 aliphatic rings. The molecule has 213 valence electrons. The average molecular weight is 707 g/mol. The van der Waals surface area contributed by atoms with Gasteiger partial charge < -0.3 is 9.84 Å². The summed E-state index contributed by atoms with van der Waals surface area (Å²) >= 11 is 0. The molecule has 1 fully saturated rings. The molecule has 0 atom stereocenters. The first kappa shape index (κ1) is 32.7. The monoisotopic (exact) mass is 707 g/mol. The summed E-state index contributed by atoms with van der Waals surface area (Å²) < 4.78 is 5.95. The van der Waals surface area contributed by atoms with Gasteiger partial charge in [-0.2, -0.15) is 18.2 Å². The number of hydrogen-bond donors (Lipinski definition) is 1. The number of fused-ring (bicyclic) bond motifs is 1. The van der Waals surface area contributed by atoms with E-state index in [1.165, 1.54) is 54.6 Å². The van der Waals surface area contributed by atoms with Crippen LogP contribution in [0.3, 0.4) is 0 Å². The fourth-order valence-corrected chi connectivity index (χ4v) is 4.36. The van der Waals surface area contributed by atoms with Crippen molar-refractivity contribution in [3.63, 3.8) is 0 Å².